The zero-order valence-electron chi connectivity index (χ0n) is 18.6. The zero-order chi connectivity index (χ0) is 25.2. The maximum atomic E-state index is 13.8. The van der Waals surface area contributed by atoms with Gasteiger partial charge in [0.05, 0.1) is 23.4 Å². The van der Waals surface area contributed by atoms with Crippen molar-refractivity contribution in [2.75, 3.05) is 6.61 Å². The van der Waals surface area contributed by atoms with Crippen LogP contribution in [0.3, 0.4) is 0 Å². The number of hydrogen-bond acceptors (Lipinski definition) is 5. The molecule has 0 radical (unpaired) electrons. The van der Waals surface area contributed by atoms with Crippen molar-refractivity contribution in [1.29, 1.82) is 0 Å². The van der Waals surface area contributed by atoms with Crippen molar-refractivity contribution in [3.05, 3.63) is 106 Å². The molecule has 0 bridgehead atoms. The van der Waals surface area contributed by atoms with Crippen LogP contribution < -0.4 is 15.4 Å². The number of halogens is 2. The first-order valence-corrected chi connectivity index (χ1v) is 12.1. The average Bonchev–Trinajstić information content (AvgIpc) is 2.81. The van der Waals surface area contributed by atoms with E-state index in [0.29, 0.717) is 17.5 Å². The second-order valence-corrected chi connectivity index (χ2v) is 9.42. The summed E-state index contributed by atoms with van der Waals surface area (Å²) >= 11 is 0. The van der Waals surface area contributed by atoms with Gasteiger partial charge in [0.15, 0.2) is 17.4 Å². The molecule has 2 N–H and O–H groups in total. The Kier molecular flexibility index (Phi) is 6.77. The SMILES string of the molecule is Cc1cccc(CCOc2c(-c3ccc(S(N)(=O)=O)cc3)cnn(-c3ccc(F)c(F)c3)c2=O)c1. The predicted octanol–water partition coefficient (Wildman–Crippen LogP) is 3.76. The molecule has 180 valence electrons. The summed E-state index contributed by atoms with van der Waals surface area (Å²) in [5.74, 6) is -2.25. The number of hydrogen-bond donors (Lipinski definition) is 1. The summed E-state index contributed by atoms with van der Waals surface area (Å²) in [4.78, 5) is 13.2. The minimum Gasteiger partial charge on any atom is -0.487 e. The number of aryl methyl sites for hydroxylation is 1. The molecule has 0 atom stereocenters. The molecule has 7 nitrogen and oxygen atoms in total. The highest BCUT2D eigenvalue weighted by atomic mass is 32.2. The maximum absolute atomic E-state index is 13.8. The molecule has 0 aliphatic heterocycles. The van der Waals surface area contributed by atoms with Gasteiger partial charge in [0.25, 0.3) is 0 Å². The van der Waals surface area contributed by atoms with Crippen LogP contribution >= 0.6 is 0 Å². The Hall–Kier alpha value is -3.89. The van der Waals surface area contributed by atoms with E-state index in [1.165, 1.54) is 36.5 Å². The molecule has 0 saturated carbocycles. The van der Waals surface area contributed by atoms with Crippen molar-refractivity contribution >= 4 is 10.0 Å². The number of nitrogens with two attached hydrogens (primary N) is 1. The van der Waals surface area contributed by atoms with E-state index in [1.54, 1.807) is 0 Å². The van der Waals surface area contributed by atoms with Crippen LogP contribution in [0.1, 0.15) is 11.1 Å². The molecule has 0 aliphatic carbocycles. The Balaban J connectivity index is 1.75. The fourth-order valence-corrected chi connectivity index (χ4v) is 4.06. The Morgan fingerprint density at radius 3 is 2.40 bits per heavy atom. The molecule has 35 heavy (non-hydrogen) atoms. The molecule has 4 aromatic rings. The first-order valence-electron chi connectivity index (χ1n) is 10.5. The summed E-state index contributed by atoms with van der Waals surface area (Å²) in [7, 11) is -3.90. The van der Waals surface area contributed by atoms with Crippen molar-refractivity contribution in [1.82, 2.24) is 9.78 Å². The van der Waals surface area contributed by atoms with Crippen LogP contribution in [-0.2, 0) is 16.4 Å². The highest BCUT2D eigenvalue weighted by Crippen LogP contribution is 2.28. The highest BCUT2D eigenvalue weighted by molar-refractivity contribution is 7.89. The third-order valence-corrected chi connectivity index (χ3v) is 6.22. The van der Waals surface area contributed by atoms with E-state index in [2.05, 4.69) is 5.10 Å². The number of benzene rings is 3. The monoisotopic (exact) mass is 497 g/mol. The summed E-state index contributed by atoms with van der Waals surface area (Å²) in [5, 5.41) is 9.26. The van der Waals surface area contributed by atoms with E-state index >= 15 is 0 Å². The standard InChI is InChI=1S/C25H21F2N3O4S/c1-16-3-2-4-17(13-16)11-12-34-24-21(18-5-8-20(9-6-18)35(28,32)33)15-29-30(25(24)31)19-7-10-22(26)23(27)14-19/h2-10,13-15H,11-12H2,1H3,(H2,28,32,33). The Bertz CT molecular complexity index is 1550. The molecule has 3 aromatic carbocycles. The van der Waals surface area contributed by atoms with Crippen LogP contribution in [0.25, 0.3) is 16.8 Å². The molecule has 0 saturated heterocycles. The molecule has 4 rings (SSSR count). The largest absolute Gasteiger partial charge is 0.487 e. The van der Waals surface area contributed by atoms with Crippen molar-refractivity contribution in [2.24, 2.45) is 5.14 Å². The molecule has 0 aliphatic rings. The van der Waals surface area contributed by atoms with E-state index in [0.717, 1.165) is 27.9 Å². The molecule has 0 unspecified atom stereocenters. The van der Waals surface area contributed by atoms with Gasteiger partial charge in [-0.15, -0.1) is 0 Å². The second-order valence-electron chi connectivity index (χ2n) is 7.86. The summed E-state index contributed by atoms with van der Waals surface area (Å²) in [5.41, 5.74) is 2.20. The Labute approximate surface area is 200 Å². The third kappa shape index (κ3) is 5.44. The van der Waals surface area contributed by atoms with Crippen molar-refractivity contribution in [3.8, 4) is 22.6 Å². The van der Waals surface area contributed by atoms with Gasteiger partial charge in [0.1, 0.15) is 0 Å². The lowest BCUT2D eigenvalue weighted by Crippen LogP contribution is -2.24. The van der Waals surface area contributed by atoms with Crippen LogP contribution in [-0.4, -0.2) is 24.8 Å². The number of primary sulfonamides is 1. The Morgan fingerprint density at radius 2 is 1.74 bits per heavy atom. The number of aromatic nitrogens is 2. The molecule has 1 heterocycles. The second kappa shape index (κ2) is 9.77. The molecule has 10 heteroatoms. The van der Waals surface area contributed by atoms with Gasteiger partial charge in [-0.2, -0.15) is 9.78 Å². The quantitative estimate of drug-likeness (QED) is 0.419. The normalized spacial score (nSPS) is 11.4. The number of nitrogens with zero attached hydrogens (tertiary/aromatic N) is 2. The van der Waals surface area contributed by atoms with E-state index in [4.69, 9.17) is 9.88 Å². The van der Waals surface area contributed by atoms with Gasteiger partial charge < -0.3 is 4.74 Å². The fraction of sp³-hybridized carbons (Fsp3) is 0.120. The highest BCUT2D eigenvalue weighted by Gasteiger charge is 2.18. The van der Waals surface area contributed by atoms with E-state index in [9.17, 15) is 22.0 Å². The number of sulfonamides is 1. The molecule has 0 spiro atoms. The average molecular weight is 498 g/mol. The summed E-state index contributed by atoms with van der Waals surface area (Å²) in [6, 6.07) is 16.4. The topological polar surface area (TPSA) is 104 Å². The lowest BCUT2D eigenvalue weighted by Gasteiger charge is -2.14. The molecular weight excluding hydrogens is 476 g/mol. The van der Waals surface area contributed by atoms with E-state index < -0.39 is 27.2 Å². The van der Waals surface area contributed by atoms with E-state index in [1.807, 2.05) is 31.2 Å². The van der Waals surface area contributed by atoms with E-state index in [-0.39, 0.29) is 22.9 Å². The smallest absolute Gasteiger partial charge is 0.314 e. The third-order valence-electron chi connectivity index (χ3n) is 5.29. The van der Waals surface area contributed by atoms with Crippen LogP contribution in [0.4, 0.5) is 8.78 Å². The minimum absolute atomic E-state index is 0.0218. The molecular formula is C25H21F2N3O4S. The lowest BCUT2D eigenvalue weighted by molar-refractivity contribution is 0.316. The van der Waals surface area contributed by atoms with Crippen molar-refractivity contribution in [3.63, 3.8) is 0 Å². The predicted molar refractivity (Wildman–Crippen MR) is 127 cm³/mol. The lowest BCUT2D eigenvalue weighted by atomic mass is 10.1. The minimum atomic E-state index is -3.90. The van der Waals surface area contributed by atoms with Crippen LogP contribution in [0.5, 0.6) is 5.75 Å². The van der Waals surface area contributed by atoms with Crippen LogP contribution in [0.2, 0.25) is 0 Å². The molecule has 0 amide bonds. The zero-order valence-corrected chi connectivity index (χ0v) is 19.4. The van der Waals surface area contributed by atoms with Crippen molar-refractivity contribution < 1.29 is 21.9 Å². The van der Waals surface area contributed by atoms with Gasteiger partial charge in [0.2, 0.25) is 10.0 Å². The van der Waals surface area contributed by atoms with Gasteiger partial charge in [-0.05, 0) is 42.3 Å². The van der Waals surface area contributed by atoms with Crippen LogP contribution in [0.15, 0.2) is 82.6 Å². The molecule has 1 aromatic heterocycles. The summed E-state index contributed by atoms with van der Waals surface area (Å²) in [6.45, 7) is 2.12. The number of rotatable bonds is 7. The first kappa shape index (κ1) is 24.2. The maximum Gasteiger partial charge on any atom is 0.314 e. The van der Waals surface area contributed by atoms with Gasteiger partial charge in [-0.1, -0.05) is 42.0 Å². The first-order chi connectivity index (χ1) is 16.6. The van der Waals surface area contributed by atoms with Gasteiger partial charge in [0, 0.05) is 18.1 Å². The van der Waals surface area contributed by atoms with Gasteiger partial charge in [-0.3, -0.25) is 4.79 Å². The van der Waals surface area contributed by atoms with Crippen LogP contribution in [0, 0.1) is 18.6 Å². The summed E-state index contributed by atoms with van der Waals surface area (Å²) in [6.07, 6.45) is 1.86. The fourth-order valence-electron chi connectivity index (χ4n) is 3.55. The Morgan fingerprint density at radius 1 is 1.00 bits per heavy atom. The van der Waals surface area contributed by atoms with Gasteiger partial charge in [-0.25, -0.2) is 22.3 Å². The molecule has 0 fully saturated rings. The summed E-state index contributed by atoms with van der Waals surface area (Å²) < 4.78 is 57.2. The van der Waals surface area contributed by atoms with Gasteiger partial charge >= 0.3 is 5.56 Å². The van der Waals surface area contributed by atoms with Crippen molar-refractivity contribution in [2.45, 2.75) is 18.2 Å². The number of ether oxygens (including phenoxy) is 1.